The fourth-order valence-electron chi connectivity index (χ4n) is 0.179. The summed E-state index contributed by atoms with van der Waals surface area (Å²) in [5.74, 6) is -0.769. The van der Waals surface area contributed by atoms with Crippen LogP contribution in [0.3, 0.4) is 0 Å². The molecule has 0 spiro atoms. The summed E-state index contributed by atoms with van der Waals surface area (Å²) >= 11 is 0. The Labute approximate surface area is 44.4 Å². The van der Waals surface area contributed by atoms with Gasteiger partial charge in [-0.05, 0) is 0 Å². The van der Waals surface area contributed by atoms with E-state index in [0.29, 0.717) is 6.54 Å². The minimum atomic E-state index is -0.769. The maximum absolute atomic E-state index is 9.71. The Balaban J connectivity index is 2.82. The summed E-state index contributed by atoms with van der Waals surface area (Å²) in [6.45, 7) is 0.514. The quantitative estimate of drug-likeness (QED) is 0.510. The monoisotopic (exact) mass is 121 g/mol. The van der Waals surface area contributed by atoms with Gasteiger partial charge in [-0.3, -0.25) is 4.79 Å². The molecular weight excluding hydrogens is 113 g/mol. The van der Waals surface area contributed by atoms with Crippen molar-refractivity contribution in [2.45, 2.75) is 6.42 Å². The first-order valence-electron chi connectivity index (χ1n) is 1.92. The van der Waals surface area contributed by atoms with Gasteiger partial charge < -0.3 is 10.2 Å². The Hall–Kier alpha value is -0.140. The highest BCUT2D eigenvalue weighted by atomic mass is 31.0. The summed E-state index contributed by atoms with van der Waals surface area (Å²) in [7, 11) is 2.23. The molecule has 0 aromatic heterocycles. The van der Waals surface area contributed by atoms with E-state index in [4.69, 9.17) is 5.11 Å². The van der Waals surface area contributed by atoms with E-state index in [-0.39, 0.29) is 6.42 Å². The standard InChI is InChI=1S/C3H8NO2P/c5-3(6)1-2-4-7/h4H,1-2,7H2,(H,5,6). The Morgan fingerprint density at radius 3 is 2.57 bits per heavy atom. The van der Waals surface area contributed by atoms with Gasteiger partial charge in [0, 0.05) is 6.54 Å². The third-order valence-electron chi connectivity index (χ3n) is 0.483. The van der Waals surface area contributed by atoms with Crippen LogP contribution in [0.1, 0.15) is 6.42 Å². The smallest absolute Gasteiger partial charge is 0.304 e. The highest BCUT2D eigenvalue weighted by Crippen LogP contribution is 1.76. The average molecular weight is 121 g/mol. The third-order valence-corrected chi connectivity index (χ3v) is 0.772. The molecule has 2 N–H and O–H groups in total. The molecule has 0 aromatic carbocycles. The van der Waals surface area contributed by atoms with E-state index in [1.165, 1.54) is 0 Å². The normalized spacial score (nSPS) is 8.71. The molecule has 0 saturated heterocycles. The lowest BCUT2D eigenvalue weighted by molar-refractivity contribution is -0.136. The number of carboxylic acid groups (broad SMARTS) is 1. The Morgan fingerprint density at radius 2 is 2.43 bits per heavy atom. The van der Waals surface area contributed by atoms with Gasteiger partial charge in [-0.15, -0.1) is 0 Å². The molecular formula is C3H8NO2P. The topological polar surface area (TPSA) is 49.3 Å². The lowest BCUT2D eigenvalue weighted by Gasteiger charge is -1.88. The van der Waals surface area contributed by atoms with E-state index in [1.807, 2.05) is 0 Å². The second kappa shape index (κ2) is 4.03. The molecule has 42 valence electrons. The van der Waals surface area contributed by atoms with E-state index in [1.54, 1.807) is 0 Å². The van der Waals surface area contributed by atoms with Gasteiger partial charge in [-0.1, -0.05) is 9.39 Å². The van der Waals surface area contributed by atoms with Crippen LogP contribution in [0.4, 0.5) is 0 Å². The zero-order valence-electron chi connectivity index (χ0n) is 3.85. The fraction of sp³-hybridized carbons (Fsp3) is 0.667. The van der Waals surface area contributed by atoms with Crippen molar-refractivity contribution < 1.29 is 9.90 Å². The van der Waals surface area contributed by atoms with E-state index in [0.717, 1.165) is 0 Å². The Bertz CT molecular complexity index is 66.0. The molecule has 0 bridgehead atoms. The molecule has 1 atom stereocenters. The molecule has 4 heteroatoms. The van der Waals surface area contributed by atoms with Crippen LogP contribution in [-0.2, 0) is 4.79 Å². The summed E-state index contributed by atoms with van der Waals surface area (Å²) in [5, 5.41) is 10.6. The number of rotatable bonds is 3. The van der Waals surface area contributed by atoms with Crippen molar-refractivity contribution in [2.24, 2.45) is 0 Å². The molecule has 0 heterocycles. The first kappa shape index (κ1) is 6.86. The van der Waals surface area contributed by atoms with Gasteiger partial charge in [-0.2, -0.15) is 0 Å². The van der Waals surface area contributed by atoms with Gasteiger partial charge >= 0.3 is 5.97 Å². The van der Waals surface area contributed by atoms with Crippen molar-refractivity contribution in [3.05, 3.63) is 0 Å². The zero-order valence-corrected chi connectivity index (χ0v) is 5.00. The number of carboxylic acids is 1. The molecule has 0 radical (unpaired) electrons. The highest BCUT2D eigenvalue weighted by Gasteiger charge is 1.90. The molecule has 0 saturated carbocycles. The summed E-state index contributed by atoms with van der Waals surface area (Å²) in [6.07, 6.45) is 0.184. The molecule has 0 rings (SSSR count). The lowest BCUT2D eigenvalue weighted by Crippen LogP contribution is -2.06. The van der Waals surface area contributed by atoms with Crippen LogP contribution in [0, 0.1) is 0 Å². The molecule has 0 aliphatic heterocycles. The van der Waals surface area contributed by atoms with Crippen molar-refractivity contribution in [1.29, 1.82) is 0 Å². The van der Waals surface area contributed by atoms with Gasteiger partial charge in [0.25, 0.3) is 0 Å². The Morgan fingerprint density at radius 1 is 1.86 bits per heavy atom. The maximum Gasteiger partial charge on any atom is 0.304 e. The van der Waals surface area contributed by atoms with E-state index in [9.17, 15) is 4.79 Å². The summed E-state index contributed by atoms with van der Waals surface area (Å²) in [5.41, 5.74) is 0. The van der Waals surface area contributed by atoms with Crippen LogP contribution in [0.25, 0.3) is 0 Å². The number of nitrogens with one attached hydrogen (secondary N) is 1. The predicted octanol–water partition coefficient (Wildman–Crippen LogP) is -0.159. The van der Waals surface area contributed by atoms with E-state index >= 15 is 0 Å². The fourth-order valence-corrected chi connectivity index (χ4v) is 0.323. The van der Waals surface area contributed by atoms with Crippen molar-refractivity contribution in [1.82, 2.24) is 5.09 Å². The van der Waals surface area contributed by atoms with Crippen LogP contribution < -0.4 is 5.09 Å². The number of aliphatic carboxylic acids is 1. The molecule has 0 aliphatic rings. The summed E-state index contributed by atoms with van der Waals surface area (Å²) in [4.78, 5) is 9.71. The first-order chi connectivity index (χ1) is 3.27. The molecule has 0 fully saturated rings. The first-order valence-corrected chi connectivity index (χ1v) is 2.50. The van der Waals surface area contributed by atoms with Crippen molar-refractivity contribution in [3.8, 4) is 0 Å². The lowest BCUT2D eigenvalue weighted by atomic mass is 10.5. The van der Waals surface area contributed by atoms with Gasteiger partial charge in [0.1, 0.15) is 0 Å². The third kappa shape index (κ3) is 5.86. The van der Waals surface area contributed by atoms with Gasteiger partial charge in [0.05, 0.1) is 6.42 Å². The van der Waals surface area contributed by atoms with Crippen LogP contribution in [0.5, 0.6) is 0 Å². The van der Waals surface area contributed by atoms with Crippen LogP contribution in [0.2, 0.25) is 0 Å². The van der Waals surface area contributed by atoms with Crippen LogP contribution >= 0.6 is 9.39 Å². The van der Waals surface area contributed by atoms with E-state index in [2.05, 4.69) is 14.5 Å². The number of carbonyl (C=O) groups is 1. The van der Waals surface area contributed by atoms with Crippen molar-refractivity contribution >= 4 is 15.4 Å². The summed E-state index contributed by atoms with van der Waals surface area (Å²) in [6, 6.07) is 0. The Kier molecular flexibility index (Phi) is 3.95. The highest BCUT2D eigenvalue weighted by molar-refractivity contribution is 7.13. The molecule has 0 aromatic rings. The van der Waals surface area contributed by atoms with Crippen molar-refractivity contribution in [2.75, 3.05) is 6.54 Å². The summed E-state index contributed by atoms with van der Waals surface area (Å²) < 4.78 is 0. The molecule has 0 aliphatic carbocycles. The zero-order chi connectivity index (χ0) is 5.70. The minimum Gasteiger partial charge on any atom is -0.481 e. The number of hydrogen-bond donors (Lipinski definition) is 2. The van der Waals surface area contributed by atoms with Gasteiger partial charge in [-0.25, -0.2) is 0 Å². The second-order valence-corrected chi connectivity index (χ2v) is 1.51. The molecule has 3 nitrogen and oxygen atoms in total. The predicted molar refractivity (Wildman–Crippen MR) is 30.0 cm³/mol. The molecule has 0 amide bonds. The molecule has 7 heavy (non-hydrogen) atoms. The van der Waals surface area contributed by atoms with Crippen LogP contribution in [0.15, 0.2) is 0 Å². The SMILES string of the molecule is O=C(O)CCNP. The van der Waals surface area contributed by atoms with E-state index < -0.39 is 5.97 Å². The second-order valence-electron chi connectivity index (χ2n) is 1.10. The van der Waals surface area contributed by atoms with Crippen LogP contribution in [-0.4, -0.2) is 17.6 Å². The maximum atomic E-state index is 9.71. The largest absolute Gasteiger partial charge is 0.481 e. The van der Waals surface area contributed by atoms with Gasteiger partial charge in [0.2, 0.25) is 0 Å². The minimum absolute atomic E-state index is 0.184. The molecule has 1 unspecified atom stereocenters. The average Bonchev–Trinajstić information content (AvgIpc) is 1.61. The van der Waals surface area contributed by atoms with Crippen molar-refractivity contribution in [3.63, 3.8) is 0 Å². The number of hydrogen-bond acceptors (Lipinski definition) is 2. The van der Waals surface area contributed by atoms with Gasteiger partial charge in [0.15, 0.2) is 0 Å².